The summed E-state index contributed by atoms with van der Waals surface area (Å²) in [6.45, 7) is 7.22. The van der Waals surface area contributed by atoms with Gasteiger partial charge in [0.15, 0.2) is 0 Å². The van der Waals surface area contributed by atoms with Gasteiger partial charge in [-0.1, -0.05) is 13.8 Å². The first kappa shape index (κ1) is 10.4. The molecule has 14 heavy (non-hydrogen) atoms. The minimum atomic E-state index is 0.471. The largest absolute Gasteiger partial charge is 0.328 e. The van der Waals surface area contributed by atoms with E-state index in [2.05, 4.69) is 18.7 Å². The van der Waals surface area contributed by atoms with E-state index in [4.69, 9.17) is 5.73 Å². The highest BCUT2D eigenvalue weighted by Gasteiger charge is 2.37. The highest BCUT2D eigenvalue weighted by Crippen LogP contribution is 2.39. The predicted molar refractivity (Wildman–Crippen MR) is 60.1 cm³/mol. The van der Waals surface area contributed by atoms with Crippen molar-refractivity contribution < 1.29 is 0 Å². The van der Waals surface area contributed by atoms with Crippen LogP contribution in [0.15, 0.2) is 0 Å². The standard InChI is InChI=1S/C12H24N2/c1-9(2)12(10-3-4-10)14-7-5-11(13)6-8-14/h9-12H,3-8,13H2,1-2H3. The minimum Gasteiger partial charge on any atom is -0.328 e. The van der Waals surface area contributed by atoms with Gasteiger partial charge in [-0.25, -0.2) is 0 Å². The van der Waals surface area contributed by atoms with Gasteiger partial charge in [0.2, 0.25) is 0 Å². The summed E-state index contributed by atoms with van der Waals surface area (Å²) in [5, 5.41) is 0. The monoisotopic (exact) mass is 196 g/mol. The molecule has 0 amide bonds. The van der Waals surface area contributed by atoms with E-state index in [0.29, 0.717) is 6.04 Å². The van der Waals surface area contributed by atoms with Crippen LogP contribution in [0.4, 0.5) is 0 Å². The molecule has 1 atom stereocenters. The Morgan fingerprint density at radius 1 is 1.07 bits per heavy atom. The lowest BCUT2D eigenvalue weighted by molar-refractivity contribution is 0.104. The second kappa shape index (κ2) is 4.19. The van der Waals surface area contributed by atoms with Crippen LogP contribution < -0.4 is 5.73 Å². The Hall–Kier alpha value is -0.0800. The maximum Gasteiger partial charge on any atom is 0.0146 e. The van der Waals surface area contributed by atoms with Crippen LogP contribution in [0.2, 0.25) is 0 Å². The molecule has 0 bridgehead atoms. The molecule has 0 aromatic rings. The summed E-state index contributed by atoms with van der Waals surface area (Å²) in [5.41, 5.74) is 5.94. The van der Waals surface area contributed by atoms with Crippen molar-refractivity contribution in [1.82, 2.24) is 4.90 Å². The van der Waals surface area contributed by atoms with Crippen molar-refractivity contribution in [2.75, 3.05) is 13.1 Å². The molecule has 2 N–H and O–H groups in total. The van der Waals surface area contributed by atoms with Crippen molar-refractivity contribution in [3.63, 3.8) is 0 Å². The van der Waals surface area contributed by atoms with E-state index < -0.39 is 0 Å². The molecule has 1 aliphatic carbocycles. The lowest BCUT2D eigenvalue weighted by Crippen LogP contribution is -2.48. The van der Waals surface area contributed by atoms with Crippen LogP contribution in [0.3, 0.4) is 0 Å². The zero-order valence-electron chi connectivity index (χ0n) is 9.58. The molecule has 82 valence electrons. The number of hydrogen-bond donors (Lipinski definition) is 1. The summed E-state index contributed by atoms with van der Waals surface area (Å²) in [5.74, 6) is 1.82. The topological polar surface area (TPSA) is 29.3 Å². The predicted octanol–water partition coefficient (Wildman–Crippen LogP) is 1.84. The molecule has 2 aliphatic rings. The van der Waals surface area contributed by atoms with E-state index in [0.717, 1.165) is 17.9 Å². The Labute approximate surface area is 87.8 Å². The van der Waals surface area contributed by atoms with Gasteiger partial charge < -0.3 is 5.73 Å². The second-order valence-electron chi connectivity index (χ2n) is 5.45. The zero-order chi connectivity index (χ0) is 10.1. The van der Waals surface area contributed by atoms with Crippen molar-refractivity contribution in [2.45, 2.75) is 51.6 Å². The SMILES string of the molecule is CC(C)C(C1CC1)N1CCC(N)CC1. The van der Waals surface area contributed by atoms with Crippen LogP contribution in [0.25, 0.3) is 0 Å². The third kappa shape index (κ3) is 2.29. The molecule has 2 rings (SSSR count). The average molecular weight is 196 g/mol. The smallest absolute Gasteiger partial charge is 0.0146 e. The molecule has 2 heteroatoms. The molecule has 1 unspecified atom stereocenters. The Morgan fingerprint density at radius 2 is 1.64 bits per heavy atom. The van der Waals surface area contributed by atoms with Crippen molar-refractivity contribution in [2.24, 2.45) is 17.6 Å². The maximum atomic E-state index is 5.94. The highest BCUT2D eigenvalue weighted by molar-refractivity contribution is 4.92. The summed E-state index contributed by atoms with van der Waals surface area (Å²) in [6, 6.07) is 1.32. The molecule has 2 nitrogen and oxygen atoms in total. The fourth-order valence-corrected chi connectivity index (χ4v) is 2.92. The average Bonchev–Trinajstić information content (AvgIpc) is 2.92. The molecule has 1 saturated heterocycles. The fourth-order valence-electron chi connectivity index (χ4n) is 2.92. The quantitative estimate of drug-likeness (QED) is 0.746. The lowest BCUT2D eigenvalue weighted by atomic mass is 9.94. The molecule has 1 aliphatic heterocycles. The van der Waals surface area contributed by atoms with Crippen LogP contribution in [0.1, 0.15) is 39.5 Å². The van der Waals surface area contributed by atoms with Crippen LogP contribution in [0.5, 0.6) is 0 Å². The number of rotatable bonds is 3. The van der Waals surface area contributed by atoms with Gasteiger partial charge in [-0.2, -0.15) is 0 Å². The second-order valence-corrected chi connectivity index (χ2v) is 5.45. The first-order valence-electron chi connectivity index (χ1n) is 6.18. The Morgan fingerprint density at radius 3 is 2.07 bits per heavy atom. The van der Waals surface area contributed by atoms with Gasteiger partial charge in [0.1, 0.15) is 0 Å². The van der Waals surface area contributed by atoms with E-state index in [9.17, 15) is 0 Å². The first-order chi connectivity index (χ1) is 6.68. The van der Waals surface area contributed by atoms with E-state index in [-0.39, 0.29) is 0 Å². The van der Waals surface area contributed by atoms with Crippen LogP contribution in [-0.2, 0) is 0 Å². The van der Waals surface area contributed by atoms with Crippen molar-refractivity contribution in [1.29, 1.82) is 0 Å². The Bertz CT molecular complexity index is 177. The summed E-state index contributed by atoms with van der Waals surface area (Å²) in [7, 11) is 0. The molecular weight excluding hydrogens is 172 g/mol. The van der Waals surface area contributed by atoms with Gasteiger partial charge in [0.05, 0.1) is 0 Å². The Kier molecular flexibility index (Phi) is 3.13. The first-order valence-corrected chi connectivity index (χ1v) is 6.18. The molecule has 1 saturated carbocycles. The number of nitrogens with two attached hydrogens (primary N) is 1. The maximum absolute atomic E-state index is 5.94. The minimum absolute atomic E-state index is 0.471. The van der Waals surface area contributed by atoms with Crippen LogP contribution >= 0.6 is 0 Å². The van der Waals surface area contributed by atoms with Crippen molar-refractivity contribution in [3.05, 3.63) is 0 Å². The summed E-state index contributed by atoms with van der Waals surface area (Å²) in [4.78, 5) is 2.70. The number of piperidine rings is 1. The molecule has 0 radical (unpaired) electrons. The van der Waals surface area contributed by atoms with E-state index in [1.54, 1.807) is 0 Å². The van der Waals surface area contributed by atoms with Gasteiger partial charge in [0.25, 0.3) is 0 Å². The third-order valence-corrected chi connectivity index (χ3v) is 3.78. The third-order valence-electron chi connectivity index (χ3n) is 3.78. The van der Waals surface area contributed by atoms with Gasteiger partial charge in [-0.15, -0.1) is 0 Å². The fraction of sp³-hybridized carbons (Fsp3) is 1.00. The van der Waals surface area contributed by atoms with E-state index >= 15 is 0 Å². The normalized spacial score (nSPS) is 28.3. The number of likely N-dealkylation sites (tertiary alicyclic amines) is 1. The Balaban J connectivity index is 1.90. The van der Waals surface area contributed by atoms with E-state index in [1.165, 1.54) is 38.8 Å². The van der Waals surface area contributed by atoms with E-state index in [1.807, 2.05) is 0 Å². The molecule has 0 aromatic carbocycles. The lowest BCUT2D eigenvalue weighted by Gasteiger charge is -2.39. The van der Waals surface area contributed by atoms with Crippen molar-refractivity contribution in [3.8, 4) is 0 Å². The van der Waals surface area contributed by atoms with Gasteiger partial charge in [-0.05, 0) is 50.6 Å². The molecule has 2 fully saturated rings. The molecule has 0 spiro atoms. The summed E-state index contributed by atoms with van der Waals surface area (Å²) in [6.07, 6.45) is 5.34. The summed E-state index contributed by atoms with van der Waals surface area (Å²) < 4.78 is 0. The highest BCUT2D eigenvalue weighted by atomic mass is 15.2. The zero-order valence-corrected chi connectivity index (χ0v) is 9.58. The molecule has 1 heterocycles. The molecule has 0 aromatic heterocycles. The number of hydrogen-bond acceptors (Lipinski definition) is 2. The molecular formula is C12H24N2. The van der Waals surface area contributed by atoms with Crippen molar-refractivity contribution >= 4 is 0 Å². The number of nitrogens with zero attached hydrogens (tertiary/aromatic N) is 1. The van der Waals surface area contributed by atoms with Gasteiger partial charge in [0, 0.05) is 12.1 Å². The van der Waals surface area contributed by atoms with Crippen LogP contribution in [-0.4, -0.2) is 30.1 Å². The van der Waals surface area contributed by atoms with Gasteiger partial charge >= 0.3 is 0 Å². The van der Waals surface area contributed by atoms with Crippen LogP contribution in [0, 0.1) is 11.8 Å². The summed E-state index contributed by atoms with van der Waals surface area (Å²) >= 11 is 0. The van der Waals surface area contributed by atoms with Gasteiger partial charge in [-0.3, -0.25) is 4.90 Å².